The van der Waals surface area contributed by atoms with E-state index in [1.165, 1.54) is 32.2 Å². The number of carbonyl (C=O) groups excluding carboxylic acids is 1. The third kappa shape index (κ3) is 4.72. The Hall–Kier alpha value is -2.09. The van der Waals surface area contributed by atoms with Crippen molar-refractivity contribution in [2.24, 2.45) is 0 Å². The minimum absolute atomic E-state index is 0.127. The third-order valence-corrected chi connectivity index (χ3v) is 5.34. The number of rotatable bonds is 6. The number of para-hydroxylation sites is 1. The number of amides is 1. The van der Waals surface area contributed by atoms with Gasteiger partial charge in [-0.25, -0.2) is 8.42 Å². The Morgan fingerprint density at radius 1 is 1.20 bits per heavy atom. The number of benzene rings is 2. The Kier molecular flexibility index (Phi) is 6.05. The van der Waals surface area contributed by atoms with E-state index in [-0.39, 0.29) is 15.7 Å². The average Bonchev–Trinajstić information content (AvgIpc) is 2.56. The molecule has 8 heteroatoms. The molecule has 0 heterocycles. The van der Waals surface area contributed by atoms with Crippen molar-refractivity contribution < 1.29 is 17.9 Å². The summed E-state index contributed by atoms with van der Waals surface area (Å²) in [6, 6.07) is 10.5. The summed E-state index contributed by atoms with van der Waals surface area (Å²) in [5.74, 6) is -0.331. The monoisotopic (exact) mass is 382 g/mol. The number of halogens is 1. The maximum atomic E-state index is 12.6. The predicted molar refractivity (Wildman–Crippen MR) is 97.6 cm³/mol. The van der Waals surface area contributed by atoms with E-state index >= 15 is 0 Å². The van der Waals surface area contributed by atoms with Gasteiger partial charge in [-0.15, -0.1) is 0 Å². The van der Waals surface area contributed by atoms with Gasteiger partial charge in [0.15, 0.2) is 0 Å². The van der Waals surface area contributed by atoms with Crippen molar-refractivity contribution in [3.63, 3.8) is 0 Å². The first-order chi connectivity index (χ1) is 11.7. The maximum Gasteiger partial charge on any atom is 0.245 e. The van der Waals surface area contributed by atoms with Crippen molar-refractivity contribution >= 4 is 33.2 Å². The molecule has 0 aromatic heterocycles. The van der Waals surface area contributed by atoms with Gasteiger partial charge in [0.25, 0.3) is 0 Å². The molecular formula is C17H19ClN2O4S. The lowest BCUT2D eigenvalue weighted by molar-refractivity contribution is -0.117. The van der Waals surface area contributed by atoms with Crippen LogP contribution in [0.3, 0.4) is 0 Å². The number of carbonyl (C=O) groups is 1. The number of anilines is 1. The van der Waals surface area contributed by atoms with E-state index in [2.05, 4.69) is 10.0 Å². The first-order valence-corrected chi connectivity index (χ1v) is 9.33. The quantitative estimate of drug-likeness (QED) is 0.804. The molecule has 1 atom stereocenters. The molecule has 2 N–H and O–H groups in total. The number of nitrogens with one attached hydrogen (secondary N) is 2. The molecule has 0 bridgehead atoms. The summed E-state index contributed by atoms with van der Waals surface area (Å²) >= 11 is 5.88. The molecule has 0 aliphatic heterocycles. The minimum Gasteiger partial charge on any atom is -0.495 e. The number of ether oxygens (including phenoxy) is 1. The van der Waals surface area contributed by atoms with Gasteiger partial charge in [0.05, 0.1) is 13.2 Å². The van der Waals surface area contributed by atoms with Crippen molar-refractivity contribution in [3.8, 4) is 5.75 Å². The van der Waals surface area contributed by atoms with Crippen molar-refractivity contribution in [2.75, 3.05) is 12.4 Å². The Balaban J connectivity index is 2.19. The van der Waals surface area contributed by atoms with Gasteiger partial charge in [0.1, 0.15) is 10.6 Å². The zero-order valence-corrected chi connectivity index (χ0v) is 15.6. The number of methoxy groups -OCH3 is 1. The van der Waals surface area contributed by atoms with Crippen LogP contribution in [0, 0.1) is 6.92 Å². The summed E-state index contributed by atoms with van der Waals surface area (Å²) in [5.41, 5.74) is 1.50. The minimum atomic E-state index is -3.99. The molecule has 2 aromatic rings. The van der Waals surface area contributed by atoms with Crippen LogP contribution in [0.2, 0.25) is 5.02 Å². The van der Waals surface area contributed by atoms with Crippen LogP contribution in [0.15, 0.2) is 47.4 Å². The van der Waals surface area contributed by atoms with E-state index in [9.17, 15) is 13.2 Å². The molecule has 0 saturated heterocycles. The van der Waals surface area contributed by atoms with E-state index in [0.717, 1.165) is 5.56 Å². The first kappa shape index (κ1) is 19.2. The molecule has 2 aromatic carbocycles. The van der Waals surface area contributed by atoms with E-state index in [1.54, 1.807) is 12.1 Å². The van der Waals surface area contributed by atoms with Crippen LogP contribution in [0.1, 0.15) is 12.5 Å². The summed E-state index contributed by atoms with van der Waals surface area (Å²) in [6.45, 7) is 3.31. The van der Waals surface area contributed by atoms with Gasteiger partial charge in [-0.1, -0.05) is 29.8 Å². The molecule has 0 spiro atoms. The highest BCUT2D eigenvalue weighted by atomic mass is 35.5. The molecule has 0 aliphatic carbocycles. The molecule has 134 valence electrons. The molecule has 0 unspecified atom stereocenters. The maximum absolute atomic E-state index is 12.6. The average molecular weight is 383 g/mol. The molecule has 25 heavy (non-hydrogen) atoms. The zero-order valence-electron chi connectivity index (χ0n) is 14.0. The number of aryl methyl sites for hydroxylation is 1. The van der Waals surface area contributed by atoms with Crippen LogP contribution < -0.4 is 14.8 Å². The Morgan fingerprint density at radius 3 is 2.52 bits per heavy atom. The lowest BCUT2D eigenvalue weighted by atomic mass is 10.2. The fourth-order valence-electron chi connectivity index (χ4n) is 2.16. The van der Waals surface area contributed by atoms with Crippen molar-refractivity contribution in [3.05, 3.63) is 53.1 Å². The third-order valence-electron chi connectivity index (χ3n) is 3.54. The molecule has 0 aliphatic rings. The fourth-order valence-corrected chi connectivity index (χ4v) is 3.80. The molecule has 6 nitrogen and oxygen atoms in total. The van der Waals surface area contributed by atoms with E-state index < -0.39 is 22.0 Å². The largest absolute Gasteiger partial charge is 0.495 e. The first-order valence-electron chi connectivity index (χ1n) is 7.47. The van der Waals surface area contributed by atoms with Gasteiger partial charge in [0, 0.05) is 10.7 Å². The Bertz CT molecular complexity index is 884. The van der Waals surface area contributed by atoms with E-state index in [0.29, 0.717) is 5.69 Å². The van der Waals surface area contributed by atoms with Gasteiger partial charge in [0.2, 0.25) is 15.9 Å². The van der Waals surface area contributed by atoms with Gasteiger partial charge < -0.3 is 10.1 Å². The number of hydrogen-bond donors (Lipinski definition) is 2. The van der Waals surface area contributed by atoms with Crippen LogP contribution in [0.4, 0.5) is 5.69 Å². The molecule has 1 amide bonds. The van der Waals surface area contributed by atoms with Gasteiger partial charge >= 0.3 is 0 Å². The number of hydrogen-bond acceptors (Lipinski definition) is 4. The van der Waals surface area contributed by atoms with E-state index in [1.807, 2.05) is 19.1 Å². The van der Waals surface area contributed by atoms with Gasteiger partial charge in [-0.2, -0.15) is 4.72 Å². The normalized spacial score (nSPS) is 12.5. The lowest BCUT2D eigenvalue weighted by Crippen LogP contribution is -2.41. The highest BCUT2D eigenvalue weighted by molar-refractivity contribution is 7.89. The standard InChI is InChI=1S/C17H19ClN2O4S/c1-11-6-4-5-7-14(11)19-17(21)12(2)20-25(22,23)16-10-13(18)8-9-15(16)24-3/h4-10,12,20H,1-3H3,(H,19,21)/t12-/m0/s1. The van der Waals surface area contributed by atoms with E-state index in [4.69, 9.17) is 16.3 Å². The highest BCUT2D eigenvalue weighted by Crippen LogP contribution is 2.27. The second-order valence-electron chi connectivity index (χ2n) is 5.44. The molecule has 2 rings (SSSR count). The van der Waals surface area contributed by atoms with Crippen LogP contribution in [-0.2, 0) is 14.8 Å². The lowest BCUT2D eigenvalue weighted by Gasteiger charge is -2.16. The number of sulfonamides is 1. The molecule has 0 radical (unpaired) electrons. The highest BCUT2D eigenvalue weighted by Gasteiger charge is 2.25. The fraction of sp³-hybridized carbons (Fsp3) is 0.235. The van der Waals surface area contributed by atoms with Crippen molar-refractivity contribution in [1.82, 2.24) is 4.72 Å². The van der Waals surface area contributed by atoms with Crippen molar-refractivity contribution in [2.45, 2.75) is 24.8 Å². The Morgan fingerprint density at radius 2 is 1.88 bits per heavy atom. The Labute approximate surface area is 152 Å². The van der Waals surface area contributed by atoms with Crippen LogP contribution in [0.5, 0.6) is 5.75 Å². The molecule has 0 fully saturated rings. The summed E-state index contributed by atoms with van der Waals surface area (Å²) in [4.78, 5) is 12.2. The smallest absolute Gasteiger partial charge is 0.245 e. The van der Waals surface area contributed by atoms with Crippen molar-refractivity contribution in [1.29, 1.82) is 0 Å². The predicted octanol–water partition coefficient (Wildman–Crippen LogP) is 2.96. The second kappa shape index (κ2) is 7.86. The molecular weight excluding hydrogens is 364 g/mol. The van der Waals surface area contributed by atoms with Crippen LogP contribution >= 0.6 is 11.6 Å². The SMILES string of the molecule is COc1ccc(Cl)cc1S(=O)(=O)N[C@@H](C)C(=O)Nc1ccccc1C. The summed E-state index contributed by atoms with van der Waals surface area (Å²) in [7, 11) is -2.63. The molecule has 0 saturated carbocycles. The summed E-state index contributed by atoms with van der Waals surface area (Å²) < 4.78 is 32.5. The zero-order chi connectivity index (χ0) is 18.6. The van der Waals surface area contributed by atoms with Gasteiger partial charge in [-0.05, 0) is 43.7 Å². The van der Waals surface area contributed by atoms with Crippen LogP contribution in [0.25, 0.3) is 0 Å². The second-order valence-corrected chi connectivity index (χ2v) is 7.56. The summed E-state index contributed by atoms with van der Waals surface area (Å²) in [5, 5.41) is 2.95. The summed E-state index contributed by atoms with van der Waals surface area (Å²) in [6.07, 6.45) is 0. The van der Waals surface area contributed by atoms with Gasteiger partial charge in [-0.3, -0.25) is 4.79 Å². The van der Waals surface area contributed by atoms with Crippen LogP contribution in [-0.4, -0.2) is 27.5 Å². The topological polar surface area (TPSA) is 84.5 Å².